The maximum absolute atomic E-state index is 8.78. The van der Waals surface area contributed by atoms with Crippen LogP contribution in [0.4, 0.5) is 0 Å². The van der Waals surface area contributed by atoms with E-state index in [1.165, 1.54) is 0 Å². The van der Waals surface area contributed by atoms with E-state index in [1.54, 1.807) is 7.11 Å². The SMILES string of the molecule is COCCNCC(C(N)=NO)c1ccccc1. The van der Waals surface area contributed by atoms with Gasteiger partial charge in [0.15, 0.2) is 0 Å². The van der Waals surface area contributed by atoms with Crippen molar-refractivity contribution in [3.63, 3.8) is 0 Å². The Bertz CT molecular complexity index is 341. The number of rotatable bonds is 7. The zero-order valence-electron chi connectivity index (χ0n) is 9.97. The molecule has 1 aromatic rings. The van der Waals surface area contributed by atoms with E-state index >= 15 is 0 Å². The average Bonchev–Trinajstić information content (AvgIpc) is 2.39. The fourth-order valence-electron chi connectivity index (χ4n) is 1.57. The van der Waals surface area contributed by atoms with Crippen molar-refractivity contribution in [1.29, 1.82) is 0 Å². The predicted octanol–water partition coefficient (Wildman–Crippen LogP) is 0.753. The molecule has 0 saturated carbocycles. The molecule has 1 rings (SSSR count). The van der Waals surface area contributed by atoms with E-state index in [-0.39, 0.29) is 11.8 Å². The summed E-state index contributed by atoms with van der Waals surface area (Å²) < 4.78 is 4.94. The van der Waals surface area contributed by atoms with Crippen molar-refractivity contribution in [3.8, 4) is 0 Å². The number of hydrogen-bond acceptors (Lipinski definition) is 4. The van der Waals surface area contributed by atoms with Gasteiger partial charge in [-0.05, 0) is 5.56 Å². The standard InChI is InChI=1S/C12H19N3O2/c1-17-8-7-14-9-11(12(13)15-16)10-5-3-2-4-6-10/h2-6,11,14,16H,7-9H2,1H3,(H2,13,15). The molecule has 0 amide bonds. The van der Waals surface area contributed by atoms with E-state index in [1.807, 2.05) is 30.3 Å². The molecule has 94 valence electrons. The van der Waals surface area contributed by atoms with Crippen LogP contribution in [0.1, 0.15) is 11.5 Å². The van der Waals surface area contributed by atoms with Crippen LogP contribution in [0.5, 0.6) is 0 Å². The lowest BCUT2D eigenvalue weighted by Crippen LogP contribution is -2.33. The molecule has 0 fully saturated rings. The van der Waals surface area contributed by atoms with Crippen molar-refractivity contribution in [3.05, 3.63) is 35.9 Å². The lowest BCUT2D eigenvalue weighted by Gasteiger charge is -2.16. The van der Waals surface area contributed by atoms with Gasteiger partial charge in [-0.3, -0.25) is 0 Å². The average molecular weight is 237 g/mol. The number of hydrogen-bond donors (Lipinski definition) is 3. The second kappa shape index (κ2) is 7.65. The number of benzene rings is 1. The molecular formula is C12H19N3O2. The highest BCUT2D eigenvalue weighted by Crippen LogP contribution is 2.14. The van der Waals surface area contributed by atoms with Crippen LogP contribution in [-0.2, 0) is 4.74 Å². The lowest BCUT2D eigenvalue weighted by atomic mass is 9.98. The summed E-state index contributed by atoms with van der Waals surface area (Å²) in [4.78, 5) is 0. The van der Waals surface area contributed by atoms with Gasteiger partial charge in [-0.2, -0.15) is 0 Å². The smallest absolute Gasteiger partial charge is 0.147 e. The molecule has 5 nitrogen and oxygen atoms in total. The summed E-state index contributed by atoms with van der Waals surface area (Å²) >= 11 is 0. The Labute approximate surface area is 101 Å². The van der Waals surface area contributed by atoms with Gasteiger partial charge in [0, 0.05) is 20.2 Å². The van der Waals surface area contributed by atoms with E-state index in [2.05, 4.69) is 10.5 Å². The van der Waals surface area contributed by atoms with E-state index < -0.39 is 0 Å². The second-order valence-electron chi connectivity index (χ2n) is 3.69. The topological polar surface area (TPSA) is 79.9 Å². The summed E-state index contributed by atoms with van der Waals surface area (Å²) in [5.74, 6) is 0.0826. The quantitative estimate of drug-likeness (QED) is 0.215. The van der Waals surface area contributed by atoms with Crippen molar-refractivity contribution in [2.24, 2.45) is 10.9 Å². The van der Waals surface area contributed by atoms with Crippen molar-refractivity contribution >= 4 is 5.84 Å². The number of nitrogens with two attached hydrogens (primary N) is 1. The Morgan fingerprint density at radius 2 is 2.18 bits per heavy atom. The maximum Gasteiger partial charge on any atom is 0.147 e. The molecule has 5 heteroatoms. The molecule has 1 aromatic carbocycles. The zero-order valence-corrected chi connectivity index (χ0v) is 9.97. The van der Waals surface area contributed by atoms with Gasteiger partial charge in [-0.25, -0.2) is 0 Å². The minimum atomic E-state index is -0.127. The minimum absolute atomic E-state index is 0.127. The van der Waals surface area contributed by atoms with E-state index in [4.69, 9.17) is 15.7 Å². The van der Waals surface area contributed by atoms with Gasteiger partial charge in [0.1, 0.15) is 5.84 Å². The van der Waals surface area contributed by atoms with Gasteiger partial charge in [-0.15, -0.1) is 0 Å². The maximum atomic E-state index is 8.78. The first kappa shape index (κ1) is 13.5. The Kier molecular flexibility index (Phi) is 6.06. The molecule has 0 heterocycles. The molecule has 0 radical (unpaired) electrons. The largest absolute Gasteiger partial charge is 0.409 e. The van der Waals surface area contributed by atoms with Gasteiger partial charge >= 0.3 is 0 Å². The first-order chi connectivity index (χ1) is 8.29. The third-order valence-electron chi connectivity index (χ3n) is 2.51. The molecule has 0 saturated heterocycles. The molecule has 0 aliphatic rings. The molecule has 0 bridgehead atoms. The molecule has 1 atom stereocenters. The Morgan fingerprint density at radius 3 is 2.76 bits per heavy atom. The van der Waals surface area contributed by atoms with Crippen LogP contribution in [0.2, 0.25) is 0 Å². The fraction of sp³-hybridized carbons (Fsp3) is 0.417. The molecule has 0 spiro atoms. The van der Waals surface area contributed by atoms with Crippen molar-refractivity contribution < 1.29 is 9.94 Å². The van der Waals surface area contributed by atoms with Crippen LogP contribution < -0.4 is 11.1 Å². The molecule has 17 heavy (non-hydrogen) atoms. The van der Waals surface area contributed by atoms with Gasteiger partial charge in [0.25, 0.3) is 0 Å². The van der Waals surface area contributed by atoms with Gasteiger partial charge in [-0.1, -0.05) is 35.5 Å². The fourth-order valence-corrected chi connectivity index (χ4v) is 1.57. The molecular weight excluding hydrogens is 218 g/mol. The molecule has 0 aliphatic heterocycles. The minimum Gasteiger partial charge on any atom is -0.409 e. The number of ether oxygens (including phenoxy) is 1. The summed E-state index contributed by atoms with van der Waals surface area (Å²) in [7, 11) is 1.65. The van der Waals surface area contributed by atoms with E-state index in [9.17, 15) is 0 Å². The van der Waals surface area contributed by atoms with Gasteiger partial charge < -0.3 is 21.0 Å². The molecule has 0 aliphatic carbocycles. The monoisotopic (exact) mass is 237 g/mol. The number of methoxy groups -OCH3 is 1. The number of nitrogens with zero attached hydrogens (tertiary/aromatic N) is 1. The summed E-state index contributed by atoms with van der Waals surface area (Å²) in [6.07, 6.45) is 0. The third-order valence-corrected chi connectivity index (χ3v) is 2.51. The van der Waals surface area contributed by atoms with Crippen LogP contribution in [-0.4, -0.2) is 37.8 Å². The second-order valence-corrected chi connectivity index (χ2v) is 3.69. The van der Waals surface area contributed by atoms with Crippen molar-refractivity contribution in [2.75, 3.05) is 26.8 Å². The summed E-state index contributed by atoms with van der Waals surface area (Å²) in [5.41, 5.74) is 6.71. The number of oxime groups is 1. The molecule has 1 unspecified atom stereocenters. The number of amidine groups is 1. The third kappa shape index (κ3) is 4.42. The summed E-state index contributed by atoms with van der Waals surface area (Å²) in [6, 6.07) is 9.72. The van der Waals surface area contributed by atoms with Gasteiger partial charge in [0.2, 0.25) is 0 Å². The van der Waals surface area contributed by atoms with Crippen LogP contribution in [0, 0.1) is 0 Å². The van der Waals surface area contributed by atoms with Crippen LogP contribution in [0.25, 0.3) is 0 Å². The van der Waals surface area contributed by atoms with Crippen molar-refractivity contribution in [1.82, 2.24) is 5.32 Å². The summed E-state index contributed by atoms with van der Waals surface area (Å²) in [5, 5.41) is 15.1. The van der Waals surface area contributed by atoms with E-state index in [0.29, 0.717) is 13.2 Å². The van der Waals surface area contributed by atoms with Crippen LogP contribution in [0.15, 0.2) is 35.5 Å². The predicted molar refractivity (Wildman–Crippen MR) is 67.3 cm³/mol. The summed E-state index contributed by atoms with van der Waals surface area (Å²) in [6.45, 7) is 1.99. The highest BCUT2D eigenvalue weighted by Gasteiger charge is 2.15. The Balaban J connectivity index is 2.62. The highest BCUT2D eigenvalue weighted by atomic mass is 16.5. The van der Waals surface area contributed by atoms with Crippen LogP contribution in [0.3, 0.4) is 0 Å². The van der Waals surface area contributed by atoms with E-state index in [0.717, 1.165) is 12.1 Å². The zero-order chi connectivity index (χ0) is 12.5. The highest BCUT2D eigenvalue weighted by molar-refractivity contribution is 5.87. The van der Waals surface area contributed by atoms with Crippen molar-refractivity contribution in [2.45, 2.75) is 5.92 Å². The Morgan fingerprint density at radius 1 is 1.47 bits per heavy atom. The van der Waals surface area contributed by atoms with Crippen LogP contribution >= 0.6 is 0 Å². The Hall–Kier alpha value is -1.59. The normalized spacial score (nSPS) is 13.6. The first-order valence-electron chi connectivity index (χ1n) is 5.51. The number of nitrogens with one attached hydrogen (secondary N) is 1. The lowest BCUT2D eigenvalue weighted by molar-refractivity contribution is 0.199. The first-order valence-corrected chi connectivity index (χ1v) is 5.51. The molecule has 4 N–H and O–H groups in total. The molecule has 0 aromatic heterocycles. The van der Waals surface area contributed by atoms with Gasteiger partial charge in [0.05, 0.1) is 12.5 Å².